The highest BCUT2D eigenvalue weighted by Crippen LogP contribution is 2.67. The third kappa shape index (κ3) is 2.20. The third-order valence-corrected chi connectivity index (χ3v) is 8.96. The maximum absolute atomic E-state index is 12.1. The van der Waals surface area contributed by atoms with E-state index in [2.05, 4.69) is 20.8 Å². The number of aliphatic hydroxyl groups excluding tert-OH is 1. The summed E-state index contributed by atoms with van der Waals surface area (Å²) in [4.78, 5) is 24.0. The average molecular weight is 344 g/mol. The van der Waals surface area contributed by atoms with Gasteiger partial charge in [-0.25, -0.2) is 0 Å². The smallest absolute Gasteiger partial charge is 0.156 e. The van der Waals surface area contributed by atoms with Gasteiger partial charge in [-0.05, 0) is 67.3 Å². The first kappa shape index (κ1) is 17.5. The van der Waals surface area contributed by atoms with Gasteiger partial charge in [-0.15, -0.1) is 0 Å². The molecule has 3 nitrogen and oxygen atoms in total. The molecule has 0 heterocycles. The molecule has 0 bridgehead atoms. The number of carbonyl (C=O) groups is 2. The molecular weight excluding hydrogens is 312 g/mol. The second kappa shape index (κ2) is 5.77. The Bertz CT molecular complexity index is 623. The van der Waals surface area contributed by atoms with Crippen LogP contribution in [0.25, 0.3) is 0 Å². The summed E-state index contributed by atoms with van der Waals surface area (Å²) >= 11 is 0. The van der Waals surface area contributed by atoms with E-state index in [1.165, 1.54) is 19.3 Å². The highest BCUT2D eigenvalue weighted by Gasteiger charge is 2.63. The lowest BCUT2D eigenvalue weighted by Crippen LogP contribution is -2.59. The average Bonchev–Trinajstić information content (AvgIpc) is 2.90. The van der Waals surface area contributed by atoms with Gasteiger partial charge >= 0.3 is 0 Å². The molecule has 4 aliphatic rings. The molecule has 3 fully saturated rings. The minimum absolute atomic E-state index is 0.0880. The summed E-state index contributed by atoms with van der Waals surface area (Å²) in [5, 5.41) is 11.3. The number of carbonyl (C=O) groups excluding carboxylic acids is 2. The van der Waals surface area contributed by atoms with Gasteiger partial charge in [-0.1, -0.05) is 32.8 Å². The van der Waals surface area contributed by atoms with Gasteiger partial charge in [0.2, 0.25) is 0 Å². The Morgan fingerprint density at radius 3 is 2.72 bits per heavy atom. The molecule has 0 aromatic heterocycles. The van der Waals surface area contributed by atoms with Crippen LogP contribution in [0.1, 0.15) is 65.7 Å². The van der Waals surface area contributed by atoms with E-state index >= 15 is 0 Å². The minimum atomic E-state index is -0.359. The van der Waals surface area contributed by atoms with Crippen LogP contribution in [-0.2, 0) is 9.59 Å². The van der Waals surface area contributed by atoms with Crippen molar-refractivity contribution in [2.45, 2.75) is 71.8 Å². The number of hydrogen-bond acceptors (Lipinski definition) is 3. The first-order valence-corrected chi connectivity index (χ1v) is 10.2. The fourth-order valence-corrected chi connectivity index (χ4v) is 7.76. The van der Waals surface area contributed by atoms with Crippen molar-refractivity contribution in [2.24, 2.45) is 40.4 Å². The maximum atomic E-state index is 12.1. The number of ketones is 1. The van der Waals surface area contributed by atoms with Crippen LogP contribution < -0.4 is 0 Å². The van der Waals surface area contributed by atoms with Crippen LogP contribution in [0.2, 0.25) is 0 Å². The van der Waals surface area contributed by atoms with Crippen molar-refractivity contribution >= 4 is 12.1 Å². The largest absolute Gasteiger partial charge is 0.393 e. The zero-order valence-electron chi connectivity index (χ0n) is 15.8. The molecule has 3 heteroatoms. The number of aldehydes is 1. The van der Waals surface area contributed by atoms with E-state index in [4.69, 9.17) is 0 Å². The molecule has 0 amide bonds. The van der Waals surface area contributed by atoms with E-state index < -0.39 is 0 Å². The van der Waals surface area contributed by atoms with Crippen LogP contribution >= 0.6 is 0 Å². The molecule has 0 aliphatic heterocycles. The SMILES string of the molecule is CC[C@H]1CC[C@H]2[C@@H]3CCC4=CC(=O)CC(C=O)[C@]4(C)[C@H]3C(O)C[C@]12C. The van der Waals surface area contributed by atoms with Crippen molar-refractivity contribution in [1.82, 2.24) is 0 Å². The van der Waals surface area contributed by atoms with Gasteiger partial charge in [0.25, 0.3) is 0 Å². The fraction of sp³-hybridized carbons (Fsp3) is 0.818. The fourth-order valence-electron chi connectivity index (χ4n) is 7.76. The van der Waals surface area contributed by atoms with Gasteiger partial charge in [0.1, 0.15) is 6.29 Å². The molecule has 25 heavy (non-hydrogen) atoms. The Morgan fingerprint density at radius 1 is 1.28 bits per heavy atom. The van der Waals surface area contributed by atoms with Crippen molar-refractivity contribution in [1.29, 1.82) is 0 Å². The predicted octanol–water partition coefficient (Wildman–Crippen LogP) is 3.94. The zero-order valence-corrected chi connectivity index (χ0v) is 15.8. The van der Waals surface area contributed by atoms with Crippen molar-refractivity contribution in [3.63, 3.8) is 0 Å². The van der Waals surface area contributed by atoms with Gasteiger partial charge in [-0.2, -0.15) is 0 Å². The molecule has 138 valence electrons. The van der Waals surface area contributed by atoms with Crippen molar-refractivity contribution in [3.05, 3.63) is 11.6 Å². The highest BCUT2D eigenvalue weighted by molar-refractivity contribution is 5.94. The van der Waals surface area contributed by atoms with Crippen LogP contribution in [0.15, 0.2) is 11.6 Å². The molecule has 0 aromatic carbocycles. The normalized spacial score (nSPS) is 52.0. The summed E-state index contributed by atoms with van der Waals surface area (Å²) in [6.45, 7) is 6.86. The Balaban J connectivity index is 1.77. The lowest BCUT2D eigenvalue weighted by Gasteiger charge is -2.61. The van der Waals surface area contributed by atoms with Crippen LogP contribution in [0.5, 0.6) is 0 Å². The maximum Gasteiger partial charge on any atom is 0.156 e. The van der Waals surface area contributed by atoms with E-state index in [1.807, 2.05) is 0 Å². The van der Waals surface area contributed by atoms with Crippen LogP contribution in [0.4, 0.5) is 0 Å². The molecule has 4 rings (SSSR count). The Hall–Kier alpha value is -0.960. The van der Waals surface area contributed by atoms with E-state index in [0.717, 1.165) is 31.1 Å². The lowest BCUT2D eigenvalue weighted by atomic mass is 9.44. The Kier molecular flexibility index (Phi) is 4.03. The topological polar surface area (TPSA) is 54.4 Å². The van der Waals surface area contributed by atoms with Gasteiger partial charge in [0.05, 0.1) is 6.10 Å². The molecule has 3 saturated carbocycles. The van der Waals surface area contributed by atoms with Crippen LogP contribution in [-0.4, -0.2) is 23.3 Å². The number of rotatable bonds is 2. The highest BCUT2D eigenvalue weighted by atomic mass is 16.3. The summed E-state index contributed by atoms with van der Waals surface area (Å²) < 4.78 is 0. The first-order chi connectivity index (χ1) is 11.9. The zero-order chi connectivity index (χ0) is 18.0. The molecular formula is C22H32O3. The quantitative estimate of drug-likeness (QED) is 0.772. The molecule has 0 saturated heterocycles. The lowest BCUT2D eigenvalue weighted by molar-refractivity contribution is -0.149. The predicted molar refractivity (Wildman–Crippen MR) is 96.8 cm³/mol. The van der Waals surface area contributed by atoms with Crippen LogP contribution in [0.3, 0.4) is 0 Å². The number of hydrogen-bond donors (Lipinski definition) is 1. The van der Waals surface area contributed by atoms with Crippen LogP contribution in [0, 0.1) is 40.4 Å². The molecule has 2 unspecified atom stereocenters. The summed E-state index contributed by atoms with van der Waals surface area (Å²) in [5.74, 6) is 1.81. The minimum Gasteiger partial charge on any atom is -0.393 e. The van der Waals surface area contributed by atoms with Crippen molar-refractivity contribution in [3.8, 4) is 0 Å². The van der Waals surface area contributed by atoms with Gasteiger partial charge in [0, 0.05) is 17.8 Å². The van der Waals surface area contributed by atoms with E-state index in [1.54, 1.807) is 6.08 Å². The summed E-state index contributed by atoms with van der Waals surface area (Å²) in [7, 11) is 0. The molecule has 0 radical (unpaired) electrons. The second-order valence-corrected chi connectivity index (χ2v) is 9.66. The summed E-state index contributed by atoms with van der Waals surface area (Å²) in [6.07, 6.45) is 9.36. The van der Waals surface area contributed by atoms with Gasteiger partial charge < -0.3 is 9.90 Å². The van der Waals surface area contributed by atoms with Gasteiger partial charge in [0.15, 0.2) is 5.78 Å². The number of allylic oxidation sites excluding steroid dienone is 1. The molecule has 0 aromatic rings. The first-order valence-electron chi connectivity index (χ1n) is 10.2. The van der Waals surface area contributed by atoms with Crippen molar-refractivity contribution in [2.75, 3.05) is 0 Å². The molecule has 0 spiro atoms. The number of fused-ring (bicyclic) bond motifs is 5. The van der Waals surface area contributed by atoms with Crippen molar-refractivity contribution < 1.29 is 14.7 Å². The molecule has 4 aliphatic carbocycles. The molecule has 8 atom stereocenters. The number of aliphatic hydroxyl groups is 1. The van der Waals surface area contributed by atoms with E-state index in [0.29, 0.717) is 24.2 Å². The Morgan fingerprint density at radius 2 is 2.04 bits per heavy atom. The second-order valence-electron chi connectivity index (χ2n) is 9.66. The summed E-state index contributed by atoms with van der Waals surface area (Å²) in [6, 6.07) is 0. The van der Waals surface area contributed by atoms with Gasteiger partial charge in [-0.3, -0.25) is 4.79 Å². The molecule has 1 N–H and O–H groups in total. The monoisotopic (exact) mass is 344 g/mol. The van der Waals surface area contributed by atoms with E-state index in [-0.39, 0.29) is 34.6 Å². The third-order valence-electron chi connectivity index (χ3n) is 8.96. The summed E-state index contributed by atoms with van der Waals surface area (Å²) in [5.41, 5.74) is 1.05. The standard InChI is InChI=1S/C22H32O3/c1-4-13-6-8-18-17-7-5-14-9-16(24)10-15(12-23)22(14,3)20(17)19(25)11-21(13,18)2/h9,12-13,15,17-20,25H,4-8,10-11H2,1-3H3/t13-,15?,17-,18-,19?,20+,21+,22+/m0/s1. The van der Waals surface area contributed by atoms with E-state index in [9.17, 15) is 14.7 Å². The Labute approximate surface area is 151 Å².